The molecule has 1 radical (unpaired) electrons. The zero-order valence-electron chi connectivity index (χ0n) is 32.9. The third kappa shape index (κ3) is 17.2. The number of aliphatic imine (C=N–C) groups is 2. The van der Waals surface area contributed by atoms with E-state index in [9.17, 15) is 10.2 Å². The van der Waals surface area contributed by atoms with Crippen molar-refractivity contribution in [3.05, 3.63) is 57.6 Å². The van der Waals surface area contributed by atoms with E-state index in [1.165, 1.54) is 11.1 Å². The maximum atomic E-state index is 11.2. The van der Waals surface area contributed by atoms with Gasteiger partial charge in [0.1, 0.15) is 11.5 Å². The van der Waals surface area contributed by atoms with Crippen LogP contribution >= 0.6 is 0 Å². The van der Waals surface area contributed by atoms with Crippen molar-refractivity contribution in [2.45, 2.75) is 152 Å². The van der Waals surface area contributed by atoms with E-state index >= 15 is 0 Å². The van der Waals surface area contributed by atoms with E-state index < -0.39 is 11.9 Å². The molecule has 1 fully saturated rings. The maximum absolute atomic E-state index is 11.2. The van der Waals surface area contributed by atoms with Gasteiger partial charge in [-0.1, -0.05) is 95.2 Å². The Morgan fingerprint density at radius 1 is 0.660 bits per heavy atom. The molecule has 1 aliphatic rings. The predicted octanol–water partition coefficient (Wildman–Crippen LogP) is 6.84. The van der Waals surface area contributed by atoms with Gasteiger partial charge in [-0.15, -0.1) is 0 Å². The van der Waals surface area contributed by atoms with Crippen molar-refractivity contribution in [3.8, 4) is 11.5 Å². The molecule has 0 aromatic heterocycles. The SMILES string of the molecule is CC(=O)[O-].CC(=O)[O-].CC(C)(C)Cc1cc(C=NC2CCCC2N=Cc2cc(CC(C)(C)C)cc(C(C)(C)C)c2O)c(O)c(C(C)(C)C)c1.[Co+2]. The van der Waals surface area contributed by atoms with Gasteiger partial charge in [0.05, 0.1) is 12.1 Å². The summed E-state index contributed by atoms with van der Waals surface area (Å²) in [5.74, 6) is -1.51. The summed E-state index contributed by atoms with van der Waals surface area (Å²) >= 11 is 0. The van der Waals surface area contributed by atoms with E-state index in [2.05, 4.69) is 107 Å². The number of benzene rings is 2. The van der Waals surface area contributed by atoms with Gasteiger partial charge < -0.3 is 30.0 Å². The van der Waals surface area contributed by atoms with Crippen molar-refractivity contribution in [3.63, 3.8) is 0 Å². The minimum Gasteiger partial charge on any atom is -0.550 e. The van der Waals surface area contributed by atoms with E-state index in [4.69, 9.17) is 29.8 Å². The Morgan fingerprint density at radius 2 is 0.940 bits per heavy atom. The number of nitrogens with zero attached hydrogens (tertiary/aromatic N) is 2. The average molecular weight is 738 g/mol. The minimum atomic E-state index is -1.08. The van der Waals surface area contributed by atoms with Crippen LogP contribution < -0.4 is 10.2 Å². The number of carbonyl (C=O) groups excluding carboxylic acids is 2. The van der Waals surface area contributed by atoms with Crippen LogP contribution in [-0.4, -0.2) is 46.7 Å². The van der Waals surface area contributed by atoms with Crippen molar-refractivity contribution in [2.24, 2.45) is 20.8 Å². The quantitative estimate of drug-likeness (QED) is 0.311. The zero-order chi connectivity index (χ0) is 38.1. The molecular formula is C41H62CoN2O6. The normalized spacial score (nSPS) is 16.7. The molecule has 50 heavy (non-hydrogen) atoms. The van der Waals surface area contributed by atoms with Crippen molar-refractivity contribution < 1.29 is 46.8 Å². The summed E-state index contributed by atoms with van der Waals surface area (Å²) < 4.78 is 0. The second-order valence-corrected chi connectivity index (χ2v) is 17.7. The molecule has 2 unspecified atom stereocenters. The Labute approximate surface area is 312 Å². The summed E-state index contributed by atoms with van der Waals surface area (Å²) in [6.45, 7) is 28.2. The van der Waals surface area contributed by atoms with Gasteiger partial charge in [-0.05, 0) is 90.9 Å². The first-order valence-electron chi connectivity index (χ1n) is 17.2. The summed E-state index contributed by atoms with van der Waals surface area (Å²) in [7, 11) is 0. The standard InChI is InChI=1S/C37H56N2O2.2C2H4O2.Co/c1-34(2,3)20-24-16-26(32(40)28(18-24)36(7,8)9)22-38-30-14-13-15-31(30)39-23-27-17-25(21-35(4,5)6)19-29(33(27)41)37(10,11)12;2*1-2(3)4;/h16-19,22-23,30-31,40-41H,13-15,20-21H2,1-12H3;2*1H3,(H,3,4);/q;;;+2/p-2. The van der Waals surface area contributed by atoms with Gasteiger partial charge in [0.2, 0.25) is 0 Å². The van der Waals surface area contributed by atoms with E-state index in [1.807, 2.05) is 12.4 Å². The number of rotatable bonds is 6. The zero-order valence-corrected chi connectivity index (χ0v) is 34.0. The van der Waals surface area contributed by atoms with Crippen LogP contribution in [0.15, 0.2) is 34.3 Å². The fourth-order valence-electron chi connectivity index (χ4n) is 5.83. The fraction of sp³-hybridized carbons (Fsp3) is 0.610. The average Bonchev–Trinajstić information content (AvgIpc) is 3.32. The molecule has 3 rings (SSSR count). The number of aliphatic carboxylic acids is 2. The summed E-state index contributed by atoms with van der Waals surface area (Å²) in [4.78, 5) is 27.8. The Morgan fingerprint density at radius 3 is 1.18 bits per heavy atom. The van der Waals surface area contributed by atoms with Gasteiger partial charge in [-0.3, -0.25) is 9.98 Å². The topological polar surface area (TPSA) is 145 Å². The van der Waals surface area contributed by atoms with Gasteiger partial charge in [0, 0.05) is 46.6 Å². The number of carboxylic acid groups (broad SMARTS) is 2. The van der Waals surface area contributed by atoms with E-state index in [-0.39, 0.29) is 50.5 Å². The maximum Gasteiger partial charge on any atom is 2.00 e. The van der Waals surface area contributed by atoms with Crippen LogP contribution in [0.4, 0.5) is 0 Å². The molecule has 8 nitrogen and oxygen atoms in total. The first kappa shape index (κ1) is 46.8. The largest absolute Gasteiger partial charge is 2.00 e. The predicted molar refractivity (Wildman–Crippen MR) is 198 cm³/mol. The second kappa shape index (κ2) is 18.9. The molecule has 2 aromatic rings. The summed E-state index contributed by atoms with van der Waals surface area (Å²) in [6.07, 6.45) is 8.61. The molecule has 0 bridgehead atoms. The fourth-order valence-corrected chi connectivity index (χ4v) is 5.83. The molecular weight excluding hydrogens is 675 g/mol. The van der Waals surface area contributed by atoms with Crippen LogP contribution in [-0.2, 0) is 50.0 Å². The monoisotopic (exact) mass is 737 g/mol. The van der Waals surface area contributed by atoms with Crippen LogP contribution in [0, 0.1) is 10.8 Å². The molecule has 1 saturated carbocycles. The van der Waals surface area contributed by atoms with Gasteiger partial charge in [0.15, 0.2) is 0 Å². The van der Waals surface area contributed by atoms with Crippen molar-refractivity contribution in [1.29, 1.82) is 0 Å². The first-order chi connectivity index (χ1) is 22.1. The third-order valence-electron chi connectivity index (χ3n) is 7.74. The Balaban J connectivity index is 0.00000241. The van der Waals surface area contributed by atoms with Crippen LogP contribution in [0.3, 0.4) is 0 Å². The third-order valence-corrected chi connectivity index (χ3v) is 7.74. The molecule has 281 valence electrons. The number of hydrogen-bond acceptors (Lipinski definition) is 8. The molecule has 0 amide bonds. The molecule has 2 atom stereocenters. The number of carboxylic acids is 2. The van der Waals surface area contributed by atoms with Crippen LogP contribution in [0.2, 0.25) is 0 Å². The van der Waals surface area contributed by atoms with Crippen LogP contribution in [0.1, 0.15) is 150 Å². The molecule has 1 aliphatic carbocycles. The Hall–Kier alpha value is -3.17. The number of carbonyl (C=O) groups is 2. The van der Waals surface area contributed by atoms with Gasteiger partial charge in [-0.25, -0.2) is 0 Å². The summed E-state index contributed by atoms with van der Waals surface area (Å²) in [6, 6.07) is 8.62. The molecule has 0 heterocycles. The Kier molecular flexibility index (Phi) is 17.7. The van der Waals surface area contributed by atoms with Crippen LogP contribution in [0.5, 0.6) is 11.5 Å². The minimum absolute atomic E-state index is 0. The first-order valence-corrected chi connectivity index (χ1v) is 17.2. The van der Waals surface area contributed by atoms with Crippen LogP contribution in [0.25, 0.3) is 0 Å². The molecule has 9 heteroatoms. The van der Waals surface area contributed by atoms with Gasteiger partial charge >= 0.3 is 16.8 Å². The number of hydrogen-bond donors (Lipinski definition) is 2. The van der Waals surface area contributed by atoms with Crippen molar-refractivity contribution >= 4 is 24.4 Å². The van der Waals surface area contributed by atoms with E-state index in [0.717, 1.165) is 68.2 Å². The molecule has 0 aliphatic heterocycles. The second-order valence-electron chi connectivity index (χ2n) is 17.7. The summed E-state index contributed by atoms with van der Waals surface area (Å²) in [5.41, 5.74) is 5.90. The smallest absolute Gasteiger partial charge is 0.550 e. The van der Waals surface area contributed by atoms with E-state index in [1.54, 1.807) is 0 Å². The number of phenolic OH excluding ortho intramolecular Hbond substituents is 2. The molecule has 2 N–H and O–H groups in total. The van der Waals surface area contributed by atoms with Gasteiger partial charge in [0.25, 0.3) is 0 Å². The Bertz CT molecular complexity index is 1370. The molecule has 2 aromatic carbocycles. The number of phenols is 2. The van der Waals surface area contributed by atoms with E-state index in [0.29, 0.717) is 11.5 Å². The van der Waals surface area contributed by atoms with Gasteiger partial charge in [-0.2, -0.15) is 0 Å². The number of aromatic hydroxyl groups is 2. The molecule has 0 spiro atoms. The summed E-state index contributed by atoms with van der Waals surface area (Å²) in [5, 5.41) is 40.2. The van der Waals surface area contributed by atoms with Crippen molar-refractivity contribution in [1.82, 2.24) is 0 Å². The molecule has 0 saturated heterocycles. The van der Waals surface area contributed by atoms with Crippen molar-refractivity contribution in [2.75, 3.05) is 0 Å².